The van der Waals surface area contributed by atoms with Gasteiger partial charge < -0.3 is 4.74 Å². The first-order valence-electron chi connectivity index (χ1n) is 8.38. The van der Waals surface area contributed by atoms with E-state index in [2.05, 4.69) is 0 Å². The summed E-state index contributed by atoms with van der Waals surface area (Å²) in [6.07, 6.45) is 1.43. The van der Waals surface area contributed by atoms with Crippen molar-refractivity contribution < 1.29 is 13.2 Å². The maximum Gasteiger partial charge on any atom is 0.218 e. The largest absolute Gasteiger partial charge is 0.490 e. The minimum atomic E-state index is -3.37. The molecule has 0 unspecified atom stereocenters. The predicted molar refractivity (Wildman–Crippen MR) is 100 cm³/mol. The Bertz CT molecular complexity index is 813. The molecule has 0 spiro atoms. The number of nitrogens with zero attached hydrogens (tertiary/aromatic N) is 1. The van der Waals surface area contributed by atoms with E-state index < -0.39 is 10.0 Å². The van der Waals surface area contributed by atoms with Crippen LogP contribution in [0.4, 0.5) is 0 Å². The van der Waals surface area contributed by atoms with Gasteiger partial charge >= 0.3 is 0 Å². The minimum Gasteiger partial charge on any atom is -0.490 e. The van der Waals surface area contributed by atoms with E-state index in [-0.39, 0.29) is 11.9 Å². The molecule has 2 aromatic carbocycles. The fraction of sp³-hybridized carbons (Fsp3) is 0.368. The van der Waals surface area contributed by atoms with E-state index in [9.17, 15) is 8.42 Å². The van der Waals surface area contributed by atoms with Gasteiger partial charge in [0.05, 0.1) is 5.75 Å². The van der Waals surface area contributed by atoms with Crippen molar-refractivity contribution in [1.29, 1.82) is 0 Å². The number of sulfonamides is 1. The molecule has 0 radical (unpaired) electrons. The number of ether oxygens (including phenoxy) is 1. The summed E-state index contributed by atoms with van der Waals surface area (Å²) in [6, 6.07) is 15.0. The second-order valence-corrected chi connectivity index (χ2v) is 8.75. The topological polar surface area (TPSA) is 46.6 Å². The molecule has 2 aromatic rings. The van der Waals surface area contributed by atoms with Crippen molar-refractivity contribution in [2.24, 2.45) is 0 Å². The summed E-state index contributed by atoms with van der Waals surface area (Å²) in [4.78, 5) is 0. The number of aryl methyl sites for hydroxylation is 1. The average Bonchev–Trinajstić information content (AvgIpc) is 2.59. The van der Waals surface area contributed by atoms with Crippen LogP contribution in [-0.2, 0) is 15.8 Å². The van der Waals surface area contributed by atoms with Crippen LogP contribution in [0.3, 0.4) is 0 Å². The van der Waals surface area contributed by atoms with Gasteiger partial charge in [-0.25, -0.2) is 12.7 Å². The first kappa shape index (κ1) is 18.2. The Morgan fingerprint density at radius 3 is 2.36 bits per heavy atom. The van der Waals surface area contributed by atoms with Crippen LogP contribution in [0.2, 0.25) is 5.02 Å². The first-order valence-corrected chi connectivity index (χ1v) is 10.4. The highest BCUT2D eigenvalue weighted by molar-refractivity contribution is 7.88. The zero-order valence-corrected chi connectivity index (χ0v) is 15.8. The van der Waals surface area contributed by atoms with Crippen molar-refractivity contribution in [3.63, 3.8) is 0 Å². The monoisotopic (exact) mass is 379 g/mol. The molecular formula is C19H22ClNO3S. The Kier molecular flexibility index (Phi) is 5.67. The van der Waals surface area contributed by atoms with E-state index in [1.54, 1.807) is 28.6 Å². The summed E-state index contributed by atoms with van der Waals surface area (Å²) in [5.74, 6) is 0.777. The Balaban J connectivity index is 1.57. The van der Waals surface area contributed by atoms with Crippen molar-refractivity contribution >= 4 is 21.6 Å². The maximum atomic E-state index is 12.6. The van der Waals surface area contributed by atoms with Gasteiger partial charge in [-0.3, -0.25) is 0 Å². The van der Waals surface area contributed by atoms with E-state index in [0.717, 1.165) is 5.75 Å². The van der Waals surface area contributed by atoms with Crippen molar-refractivity contribution in [2.75, 3.05) is 13.1 Å². The Hall–Kier alpha value is -1.56. The van der Waals surface area contributed by atoms with Gasteiger partial charge in [0.25, 0.3) is 0 Å². The van der Waals surface area contributed by atoms with Crippen molar-refractivity contribution in [3.05, 3.63) is 64.7 Å². The van der Waals surface area contributed by atoms with Crippen molar-refractivity contribution in [3.8, 4) is 5.75 Å². The van der Waals surface area contributed by atoms with Gasteiger partial charge in [-0.1, -0.05) is 47.5 Å². The number of benzene rings is 2. The van der Waals surface area contributed by atoms with Gasteiger partial charge in [-0.05, 0) is 43.5 Å². The first-order chi connectivity index (χ1) is 11.9. The molecular weight excluding hydrogens is 358 g/mol. The number of hydrogen-bond acceptors (Lipinski definition) is 3. The lowest BCUT2D eigenvalue weighted by atomic mass is 10.1. The molecule has 0 amide bonds. The fourth-order valence-corrected chi connectivity index (χ4v) is 4.82. The molecule has 0 saturated carbocycles. The Labute approximate surface area is 154 Å². The van der Waals surface area contributed by atoms with Crippen LogP contribution in [0.15, 0.2) is 48.5 Å². The second-order valence-electron chi connectivity index (χ2n) is 6.38. The minimum absolute atomic E-state index is 0.0504. The number of halogens is 1. The summed E-state index contributed by atoms with van der Waals surface area (Å²) in [7, 11) is -3.37. The summed E-state index contributed by atoms with van der Waals surface area (Å²) < 4.78 is 32.8. The molecule has 0 aromatic heterocycles. The fourth-order valence-electron chi connectivity index (χ4n) is 2.94. The van der Waals surface area contributed by atoms with E-state index in [1.807, 2.05) is 31.2 Å². The number of rotatable bonds is 5. The van der Waals surface area contributed by atoms with Gasteiger partial charge in [0.15, 0.2) is 0 Å². The zero-order valence-electron chi connectivity index (χ0n) is 14.2. The van der Waals surface area contributed by atoms with Gasteiger partial charge in [0.1, 0.15) is 11.9 Å². The van der Waals surface area contributed by atoms with Gasteiger partial charge in [-0.15, -0.1) is 0 Å². The molecule has 1 aliphatic heterocycles. The van der Waals surface area contributed by atoms with Crippen molar-refractivity contribution in [2.45, 2.75) is 31.6 Å². The normalized spacial score (nSPS) is 16.7. The summed E-state index contributed by atoms with van der Waals surface area (Å²) in [5, 5.41) is 0.490. The molecule has 134 valence electrons. The van der Waals surface area contributed by atoms with Crippen LogP contribution >= 0.6 is 11.6 Å². The molecule has 0 bridgehead atoms. The van der Waals surface area contributed by atoms with E-state index in [4.69, 9.17) is 16.3 Å². The van der Waals surface area contributed by atoms with Crippen LogP contribution < -0.4 is 4.74 Å². The highest BCUT2D eigenvalue weighted by Crippen LogP contribution is 2.24. The Morgan fingerprint density at radius 2 is 1.72 bits per heavy atom. The van der Waals surface area contributed by atoms with E-state index in [1.165, 1.54) is 5.56 Å². The van der Waals surface area contributed by atoms with Gasteiger partial charge in [-0.2, -0.15) is 0 Å². The number of piperidine rings is 1. The quantitative estimate of drug-likeness (QED) is 0.788. The molecule has 1 aliphatic rings. The molecule has 0 atom stereocenters. The van der Waals surface area contributed by atoms with Gasteiger partial charge in [0, 0.05) is 18.1 Å². The lowest BCUT2D eigenvalue weighted by Crippen LogP contribution is -2.42. The highest BCUT2D eigenvalue weighted by Gasteiger charge is 2.29. The van der Waals surface area contributed by atoms with E-state index >= 15 is 0 Å². The van der Waals surface area contributed by atoms with Crippen LogP contribution in [0, 0.1) is 6.92 Å². The summed E-state index contributed by atoms with van der Waals surface area (Å²) >= 11 is 6.09. The lowest BCUT2D eigenvalue weighted by Gasteiger charge is -2.31. The van der Waals surface area contributed by atoms with Crippen LogP contribution in [0.25, 0.3) is 0 Å². The third kappa shape index (κ3) is 4.75. The average molecular weight is 380 g/mol. The van der Waals surface area contributed by atoms with Crippen LogP contribution in [0.5, 0.6) is 5.75 Å². The van der Waals surface area contributed by atoms with E-state index in [0.29, 0.717) is 36.5 Å². The smallest absolute Gasteiger partial charge is 0.218 e. The molecule has 1 heterocycles. The highest BCUT2D eigenvalue weighted by atomic mass is 35.5. The van der Waals surface area contributed by atoms with Gasteiger partial charge in [0.2, 0.25) is 10.0 Å². The van der Waals surface area contributed by atoms with Crippen LogP contribution in [0.1, 0.15) is 24.0 Å². The molecule has 6 heteroatoms. The molecule has 1 fully saturated rings. The maximum absolute atomic E-state index is 12.6. The van der Waals surface area contributed by atoms with Crippen LogP contribution in [-0.4, -0.2) is 31.9 Å². The zero-order chi connectivity index (χ0) is 17.9. The standard InChI is InChI=1S/C19H22ClNO3S/c1-15-6-8-17(9-7-15)24-18-10-12-21(13-11-18)25(22,23)14-16-4-2-3-5-19(16)20/h2-9,18H,10-14H2,1H3. The molecule has 0 N–H and O–H groups in total. The SMILES string of the molecule is Cc1ccc(OC2CCN(S(=O)(=O)Cc3ccccc3Cl)CC2)cc1. The Morgan fingerprint density at radius 1 is 1.08 bits per heavy atom. The predicted octanol–water partition coefficient (Wildman–Crippen LogP) is 4.02. The third-order valence-electron chi connectivity index (χ3n) is 4.41. The summed E-state index contributed by atoms with van der Waals surface area (Å²) in [6.45, 7) is 2.98. The molecule has 4 nitrogen and oxygen atoms in total. The summed E-state index contributed by atoms with van der Waals surface area (Å²) in [5.41, 5.74) is 1.83. The van der Waals surface area contributed by atoms with Crippen molar-refractivity contribution in [1.82, 2.24) is 4.31 Å². The lowest BCUT2D eigenvalue weighted by molar-refractivity contribution is 0.135. The molecule has 3 rings (SSSR count). The number of hydrogen-bond donors (Lipinski definition) is 0. The molecule has 25 heavy (non-hydrogen) atoms. The molecule has 1 saturated heterocycles. The second kappa shape index (κ2) is 7.77. The molecule has 0 aliphatic carbocycles. The third-order valence-corrected chi connectivity index (χ3v) is 6.61.